The van der Waals surface area contributed by atoms with Crippen molar-refractivity contribution in [2.75, 3.05) is 40.1 Å². The van der Waals surface area contributed by atoms with E-state index in [0.717, 1.165) is 19.1 Å². The van der Waals surface area contributed by atoms with Gasteiger partial charge in [-0.3, -0.25) is 4.90 Å². The van der Waals surface area contributed by atoms with Crippen LogP contribution in [-0.4, -0.2) is 74.2 Å². The van der Waals surface area contributed by atoms with Gasteiger partial charge in [-0.15, -0.1) is 0 Å². The van der Waals surface area contributed by atoms with Gasteiger partial charge in [0, 0.05) is 42.7 Å². The topological polar surface area (TPSA) is 43.0 Å². The molecule has 1 aliphatic heterocycles. The molecule has 2 rings (SSSR count). The van der Waals surface area contributed by atoms with Crippen LogP contribution >= 0.6 is 0 Å². The summed E-state index contributed by atoms with van der Waals surface area (Å²) in [6.07, 6.45) is 0.350. The normalized spacial score (nSPS) is 31.3. The van der Waals surface area contributed by atoms with Crippen molar-refractivity contribution < 1.29 is 14.2 Å². The fraction of sp³-hybridized carbons (Fsp3) is 1.00. The Kier molecular flexibility index (Phi) is 7.76. The smallest absolute Gasteiger partial charge is 0.0701 e. The summed E-state index contributed by atoms with van der Waals surface area (Å²) in [5.41, 5.74) is 0.458. The summed E-state index contributed by atoms with van der Waals surface area (Å²) < 4.78 is 17.2. The first-order valence-corrected chi connectivity index (χ1v) is 10.8. The molecule has 0 aromatic heterocycles. The molecule has 5 heteroatoms. The predicted octanol–water partition coefficient (Wildman–Crippen LogP) is 3.18. The first kappa shape index (κ1) is 23.1. The SMILES string of the molecule is CO[C@@H](C)C1C2CN(C(C)COCCOCC(C)NC(C)(C)C(C)C)C21C. The number of likely N-dealkylation sites (tertiary alicyclic amines) is 1. The molecular weight excluding hydrogens is 340 g/mol. The molecular formula is C22H44N2O3. The van der Waals surface area contributed by atoms with Gasteiger partial charge >= 0.3 is 0 Å². The standard InChI is InChI=1S/C22H44N2O3/c1-15(2)21(6,7)23-16(3)13-26-10-11-27-14-17(4)24-12-19-20(18(5)25-9)22(19,24)8/h15-20,23H,10-14H2,1-9H3/t16?,17?,18-,19?,20?,22?/m0/s1. The Morgan fingerprint density at radius 3 is 2.22 bits per heavy atom. The molecule has 5 unspecified atom stereocenters. The maximum Gasteiger partial charge on any atom is 0.0701 e. The molecule has 1 heterocycles. The van der Waals surface area contributed by atoms with Crippen molar-refractivity contribution in [3.63, 3.8) is 0 Å². The number of nitrogens with one attached hydrogen (secondary N) is 1. The second-order valence-corrected chi connectivity index (χ2v) is 9.87. The van der Waals surface area contributed by atoms with Crippen LogP contribution in [0.15, 0.2) is 0 Å². The van der Waals surface area contributed by atoms with E-state index in [1.807, 2.05) is 7.11 Å². The molecule has 0 spiro atoms. The Labute approximate surface area is 167 Å². The molecule has 2 aliphatic rings. The Hall–Kier alpha value is -0.200. The van der Waals surface area contributed by atoms with Crippen LogP contribution < -0.4 is 5.32 Å². The van der Waals surface area contributed by atoms with Gasteiger partial charge in [-0.2, -0.15) is 0 Å². The van der Waals surface area contributed by atoms with Crippen LogP contribution in [0.25, 0.3) is 0 Å². The number of hydrogen-bond acceptors (Lipinski definition) is 5. The lowest BCUT2D eigenvalue weighted by Gasteiger charge is -2.43. The van der Waals surface area contributed by atoms with Gasteiger partial charge in [-0.1, -0.05) is 13.8 Å². The van der Waals surface area contributed by atoms with Crippen molar-refractivity contribution in [2.45, 2.75) is 84.7 Å². The maximum atomic E-state index is 5.89. The largest absolute Gasteiger partial charge is 0.381 e. The first-order valence-electron chi connectivity index (χ1n) is 10.8. The van der Waals surface area contributed by atoms with Crippen LogP contribution in [0.4, 0.5) is 0 Å². The summed E-state index contributed by atoms with van der Waals surface area (Å²) in [6.45, 7) is 22.0. The molecule has 0 aromatic carbocycles. The highest BCUT2D eigenvalue weighted by Crippen LogP contribution is 2.65. The molecule has 1 aliphatic carbocycles. The van der Waals surface area contributed by atoms with Crippen LogP contribution in [0.5, 0.6) is 0 Å². The van der Waals surface area contributed by atoms with Crippen LogP contribution in [0.1, 0.15) is 55.4 Å². The predicted molar refractivity (Wildman–Crippen MR) is 111 cm³/mol. The molecule has 1 saturated carbocycles. The molecule has 0 aromatic rings. The number of ether oxygens (including phenoxy) is 3. The zero-order chi connectivity index (χ0) is 20.4. The Morgan fingerprint density at radius 2 is 1.67 bits per heavy atom. The third kappa shape index (κ3) is 5.05. The van der Waals surface area contributed by atoms with Gasteiger partial charge in [-0.05, 0) is 53.4 Å². The van der Waals surface area contributed by atoms with Gasteiger partial charge in [-0.25, -0.2) is 0 Å². The number of rotatable bonds is 13. The van der Waals surface area contributed by atoms with Crippen molar-refractivity contribution in [3.8, 4) is 0 Å². The van der Waals surface area contributed by atoms with Crippen LogP contribution in [0.3, 0.4) is 0 Å². The second-order valence-electron chi connectivity index (χ2n) is 9.87. The van der Waals surface area contributed by atoms with E-state index in [4.69, 9.17) is 14.2 Å². The summed E-state index contributed by atoms with van der Waals surface area (Å²) in [5.74, 6) is 2.07. The van der Waals surface area contributed by atoms with Gasteiger partial charge in [0.2, 0.25) is 0 Å². The van der Waals surface area contributed by atoms with Gasteiger partial charge in [0.15, 0.2) is 0 Å². The van der Waals surface area contributed by atoms with Crippen molar-refractivity contribution in [1.82, 2.24) is 10.2 Å². The van der Waals surface area contributed by atoms with Gasteiger partial charge in [0.25, 0.3) is 0 Å². The highest BCUT2D eigenvalue weighted by molar-refractivity contribution is 5.27. The average molecular weight is 385 g/mol. The Morgan fingerprint density at radius 1 is 1.07 bits per heavy atom. The van der Waals surface area contributed by atoms with E-state index in [0.29, 0.717) is 48.8 Å². The highest BCUT2D eigenvalue weighted by Gasteiger charge is 2.74. The summed E-state index contributed by atoms with van der Waals surface area (Å²) in [4.78, 5) is 2.60. The maximum absolute atomic E-state index is 5.89. The molecule has 27 heavy (non-hydrogen) atoms. The molecule has 0 amide bonds. The van der Waals surface area contributed by atoms with E-state index >= 15 is 0 Å². The summed E-state index contributed by atoms with van der Waals surface area (Å²) >= 11 is 0. The quantitative estimate of drug-likeness (QED) is 0.494. The molecule has 5 nitrogen and oxygen atoms in total. The van der Waals surface area contributed by atoms with Crippen molar-refractivity contribution >= 4 is 0 Å². The molecule has 160 valence electrons. The third-order valence-corrected chi connectivity index (χ3v) is 7.33. The van der Waals surface area contributed by atoms with Crippen LogP contribution in [-0.2, 0) is 14.2 Å². The molecule has 0 bridgehead atoms. The summed E-state index contributed by atoms with van der Waals surface area (Å²) in [6, 6.07) is 0.793. The third-order valence-electron chi connectivity index (χ3n) is 7.33. The van der Waals surface area contributed by atoms with E-state index < -0.39 is 0 Å². The minimum absolute atomic E-state index is 0.126. The van der Waals surface area contributed by atoms with Crippen LogP contribution in [0, 0.1) is 17.8 Å². The van der Waals surface area contributed by atoms with Gasteiger partial charge in [0.1, 0.15) is 0 Å². The number of hydrogen-bond donors (Lipinski definition) is 1. The Balaban J connectivity index is 1.55. The molecule has 0 radical (unpaired) electrons. The number of fused-ring (bicyclic) bond motifs is 1. The van der Waals surface area contributed by atoms with E-state index in [1.54, 1.807) is 0 Å². The summed E-state index contributed by atoms with van der Waals surface area (Å²) in [7, 11) is 1.82. The second kappa shape index (κ2) is 9.08. The number of methoxy groups -OCH3 is 1. The molecule has 1 N–H and O–H groups in total. The zero-order valence-corrected chi connectivity index (χ0v) is 19.2. The highest BCUT2D eigenvalue weighted by atomic mass is 16.5. The lowest BCUT2D eigenvalue weighted by Crippen LogP contribution is -2.54. The fourth-order valence-corrected chi connectivity index (χ4v) is 4.79. The first-order chi connectivity index (χ1) is 12.6. The van der Waals surface area contributed by atoms with Crippen molar-refractivity contribution in [2.24, 2.45) is 17.8 Å². The lowest BCUT2D eigenvalue weighted by atomic mass is 9.90. The Bertz CT molecular complexity index is 470. The van der Waals surface area contributed by atoms with Crippen LogP contribution in [0.2, 0.25) is 0 Å². The summed E-state index contributed by atoms with van der Waals surface area (Å²) in [5, 5.41) is 3.64. The van der Waals surface area contributed by atoms with Gasteiger partial charge in [0.05, 0.1) is 32.5 Å². The molecule has 6 atom stereocenters. The van der Waals surface area contributed by atoms with E-state index in [2.05, 4.69) is 65.6 Å². The average Bonchev–Trinajstić information content (AvgIpc) is 3.05. The van der Waals surface area contributed by atoms with Crippen molar-refractivity contribution in [1.29, 1.82) is 0 Å². The lowest BCUT2D eigenvalue weighted by molar-refractivity contribution is -0.0229. The van der Waals surface area contributed by atoms with Gasteiger partial charge < -0.3 is 19.5 Å². The fourth-order valence-electron chi connectivity index (χ4n) is 4.79. The zero-order valence-electron chi connectivity index (χ0n) is 19.2. The van der Waals surface area contributed by atoms with Crippen molar-refractivity contribution in [3.05, 3.63) is 0 Å². The van der Waals surface area contributed by atoms with E-state index in [9.17, 15) is 0 Å². The molecule has 2 fully saturated rings. The monoisotopic (exact) mass is 384 g/mol. The minimum atomic E-state index is 0.126. The van der Waals surface area contributed by atoms with E-state index in [-0.39, 0.29) is 5.54 Å². The van der Waals surface area contributed by atoms with E-state index in [1.165, 1.54) is 6.54 Å². The minimum Gasteiger partial charge on any atom is -0.381 e. The molecule has 1 saturated heterocycles. The number of nitrogens with zero attached hydrogens (tertiary/aromatic N) is 1.